The quantitative estimate of drug-likeness (QED) is 0.643. The maximum atomic E-state index is 10.9. The van der Waals surface area contributed by atoms with Crippen molar-refractivity contribution in [2.75, 3.05) is 7.11 Å². The number of rotatable bonds is 6. The molecule has 0 aliphatic carbocycles. The van der Waals surface area contributed by atoms with Crippen molar-refractivity contribution in [2.24, 2.45) is 0 Å². The van der Waals surface area contributed by atoms with Gasteiger partial charge >= 0.3 is 11.7 Å². The van der Waals surface area contributed by atoms with E-state index >= 15 is 0 Å². The van der Waals surface area contributed by atoms with Crippen LogP contribution < -0.4 is 9.47 Å². The van der Waals surface area contributed by atoms with Gasteiger partial charge in [-0.25, -0.2) is 4.79 Å². The van der Waals surface area contributed by atoms with E-state index in [1.54, 1.807) is 0 Å². The third kappa shape index (κ3) is 3.11. The van der Waals surface area contributed by atoms with E-state index in [1.807, 2.05) is 0 Å². The predicted octanol–water partition coefficient (Wildman–Crippen LogP) is 2.47. The van der Waals surface area contributed by atoms with Crippen molar-refractivity contribution in [2.45, 2.75) is 6.61 Å². The fourth-order valence-corrected chi connectivity index (χ4v) is 1.69. The summed E-state index contributed by atoms with van der Waals surface area (Å²) in [4.78, 5) is 21.2. The summed E-state index contributed by atoms with van der Waals surface area (Å²) < 4.78 is 15.2. The Balaban J connectivity index is 2.17. The van der Waals surface area contributed by atoms with Crippen molar-refractivity contribution in [1.82, 2.24) is 0 Å². The van der Waals surface area contributed by atoms with Crippen LogP contribution >= 0.6 is 0 Å². The number of carboxylic acid groups (broad SMARTS) is 1. The van der Waals surface area contributed by atoms with Gasteiger partial charge in [-0.2, -0.15) is 0 Å². The molecule has 1 N–H and O–H groups in total. The van der Waals surface area contributed by atoms with Crippen molar-refractivity contribution in [3.05, 3.63) is 52.0 Å². The van der Waals surface area contributed by atoms with E-state index in [9.17, 15) is 14.9 Å². The van der Waals surface area contributed by atoms with Crippen molar-refractivity contribution < 1.29 is 28.7 Å². The molecular weight excluding hydrogens is 282 g/mol. The number of furan rings is 1. The number of carboxylic acids is 1. The Morgan fingerprint density at radius 1 is 1.43 bits per heavy atom. The van der Waals surface area contributed by atoms with Crippen LogP contribution in [0.3, 0.4) is 0 Å². The summed E-state index contributed by atoms with van der Waals surface area (Å²) in [6.07, 6.45) is 1.23. The van der Waals surface area contributed by atoms with E-state index in [0.717, 1.165) is 0 Å². The molecule has 0 radical (unpaired) electrons. The van der Waals surface area contributed by atoms with Gasteiger partial charge in [0, 0.05) is 0 Å². The average Bonchev–Trinajstić information content (AvgIpc) is 2.93. The fourth-order valence-electron chi connectivity index (χ4n) is 1.69. The maximum absolute atomic E-state index is 10.9. The number of nitro groups is 1. The fraction of sp³-hybridized carbons (Fsp3) is 0.154. The summed E-state index contributed by atoms with van der Waals surface area (Å²) in [6, 6.07) is 5.38. The molecule has 0 unspecified atom stereocenters. The summed E-state index contributed by atoms with van der Waals surface area (Å²) in [7, 11) is 1.32. The number of hydrogen-bond acceptors (Lipinski definition) is 6. The number of benzene rings is 1. The van der Waals surface area contributed by atoms with E-state index in [-0.39, 0.29) is 35.1 Å². The highest BCUT2D eigenvalue weighted by molar-refractivity contribution is 5.88. The first-order valence-corrected chi connectivity index (χ1v) is 5.78. The molecule has 1 heterocycles. The van der Waals surface area contributed by atoms with Crippen molar-refractivity contribution >= 4 is 11.7 Å². The van der Waals surface area contributed by atoms with Gasteiger partial charge in [-0.15, -0.1) is 0 Å². The topological polar surface area (TPSA) is 112 Å². The third-order valence-corrected chi connectivity index (χ3v) is 2.69. The van der Waals surface area contributed by atoms with Crippen LogP contribution in [0.2, 0.25) is 0 Å². The molecule has 0 fully saturated rings. The lowest BCUT2D eigenvalue weighted by Crippen LogP contribution is -2.03. The molecule has 0 atom stereocenters. The standard InChI is InChI=1S/C13H11NO7/c1-19-11-3-2-8(6-10(11)14(17)18)21-7-12-9(13(15)16)4-5-20-12/h2-6H,7H2,1H3,(H,15,16). The zero-order valence-electron chi connectivity index (χ0n) is 10.9. The monoisotopic (exact) mass is 293 g/mol. The second-order valence-corrected chi connectivity index (χ2v) is 3.94. The molecule has 0 aliphatic heterocycles. The van der Waals surface area contributed by atoms with Gasteiger partial charge in [0.2, 0.25) is 0 Å². The molecule has 1 aromatic heterocycles. The minimum Gasteiger partial charge on any atom is -0.490 e. The molecule has 0 aliphatic rings. The van der Waals surface area contributed by atoms with Crippen LogP contribution in [0.15, 0.2) is 34.9 Å². The average molecular weight is 293 g/mol. The Morgan fingerprint density at radius 2 is 2.19 bits per heavy atom. The van der Waals surface area contributed by atoms with Crippen LogP contribution in [0.25, 0.3) is 0 Å². The normalized spacial score (nSPS) is 10.1. The molecule has 21 heavy (non-hydrogen) atoms. The Labute approximate surface area is 118 Å². The number of nitrogens with zero attached hydrogens (tertiary/aromatic N) is 1. The zero-order valence-corrected chi connectivity index (χ0v) is 10.9. The van der Waals surface area contributed by atoms with E-state index in [1.165, 1.54) is 37.6 Å². The number of ether oxygens (including phenoxy) is 2. The van der Waals surface area contributed by atoms with Crippen LogP contribution in [0.1, 0.15) is 16.1 Å². The van der Waals surface area contributed by atoms with Gasteiger partial charge in [-0.3, -0.25) is 10.1 Å². The Bertz CT molecular complexity index is 677. The molecule has 110 valence electrons. The van der Waals surface area contributed by atoms with Gasteiger partial charge in [0.15, 0.2) is 11.5 Å². The van der Waals surface area contributed by atoms with Gasteiger partial charge in [0.05, 0.1) is 24.4 Å². The van der Waals surface area contributed by atoms with E-state index in [0.29, 0.717) is 0 Å². The second-order valence-electron chi connectivity index (χ2n) is 3.94. The highest BCUT2D eigenvalue weighted by Gasteiger charge is 2.17. The number of carbonyl (C=O) groups is 1. The first-order valence-electron chi connectivity index (χ1n) is 5.78. The minimum atomic E-state index is -1.14. The van der Waals surface area contributed by atoms with Crippen LogP contribution in [-0.2, 0) is 6.61 Å². The molecule has 0 saturated heterocycles. The molecule has 0 bridgehead atoms. The lowest BCUT2D eigenvalue weighted by Gasteiger charge is -2.07. The molecule has 1 aromatic carbocycles. The zero-order chi connectivity index (χ0) is 15.4. The predicted molar refractivity (Wildman–Crippen MR) is 69.6 cm³/mol. The Hall–Kier alpha value is -3.03. The van der Waals surface area contributed by atoms with Gasteiger partial charge in [-0.1, -0.05) is 0 Å². The summed E-state index contributed by atoms with van der Waals surface area (Å²) >= 11 is 0. The molecule has 2 aromatic rings. The van der Waals surface area contributed by atoms with Crippen LogP contribution in [0, 0.1) is 10.1 Å². The first kappa shape index (κ1) is 14.4. The summed E-state index contributed by atoms with van der Waals surface area (Å²) in [5.74, 6) is -0.698. The molecule has 8 nitrogen and oxygen atoms in total. The van der Waals surface area contributed by atoms with Gasteiger partial charge in [0.25, 0.3) is 0 Å². The smallest absolute Gasteiger partial charge is 0.339 e. The lowest BCUT2D eigenvalue weighted by molar-refractivity contribution is -0.385. The summed E-state index contributed by atoms with van der Waals surface area (Å²) in [5, 5.41) is 19.8. The minimum absolute atomic E-state index is 0.0157. The van der Waals surface area contributed by atoms with Crippen molar-refractivity contribution in [3.8, 4) is 11.5 Å². The van der Waals surface area contributed by atoms with Crippen LogP contribution in [0.5, 0.6) is 11.5 Å². The highest BCUT2D eigenvalue weighted by atomic mass is 16.6. The summed E-state index contributed by atoms with van der Waals surface area (Å²) in [5.41, 5.74) is -0.258. The lowest BCUT2D eigenvalue weighted by atomic mass is 10.2. The first-order chi connectivity index (χ1) is 10.0. The maximum Gasteiger partial charge on any atom is 0.339 e. The number of hydrogen-bond donors (Lipinski definition) is 1. The molecular formula is C13H11NO7. The van der Waals surface area contributed by atoms with Crippen molar-refractivity contribution in [1.29, 1.82) is 0 Å². The van der Waals surface area contributed by atoms with Crippen LogP contribution in [0.4, 0.5) is 5.69 Å². The van der Waals surface area contributed by atoms with Gasteiger partial charge < -0.3 is 19.0 Å². The second kappa shape index (κ2) is 5.95. The van der Waals surface area contributed by atoms with Gasteiger partial charge in [-0.05, 0) is 18.2 Å². The molecule has 2 rings (SSSR count). The number of methoxy groups -OCH3 is 1. The van der Waals surface area contributed by atoms with E-state index in [4.69, 9.17) is 19.0 Å². The third-order valence-electron chi connectivity index (χ3n) is 2.69. The molecule has 8 heteroatoms. The molecule has 0 spiro atoms. The highest BCUT2D eigenvalue weighted by Crippen LogP contribution is 2.31. The summed E-state index contributed by atoms with van der Waals surface area (Å²) in [6.45, 7) is -0.155. The number of aromatic carboxylic acids is 1. The molecule has 0 saturated carbocycles. The van der Waals surface area contributed by atoms with Crippen molar-refractivity contribution in [3.63, 3.8) is 0 Å². The van der Waals surface area contributed by atoms with E-state index < -0.39 is 10.9 Å². The Kier molecular flexibility index (Phi) is 4.07. The van der Waals surface area contributed by atoms with E-state index in [2.05, 4.69) is 0 Å². The molecule has 0 amide bonds. The van der Waals surface area contributed by atoms with Crippen LogP contribution in [-0.4, -0.2) is 23.1 Å². The Morgan fingerprint density at radius 3 is 2.81 bits per heavy atom. The number of nitro benzene ring substituents is 1. The van der Waals surface area contributed by atoms with Gasteiger partial charge in [0.1, 0.15) is 17.9 Å². The SMILES string of the molecule is COc1ccc(OCc2occc2C(=O)O)cc1[N+](=O)[O-]. The largest absolute Gasteiger partial charge is 0.490 e.